The predicted octanol–water partition coefficient (Wildman–Crippen LogP) is 3.95. The maximum absolute atomic E-state index is 13.0. The van der Waals surface area contributed by atoms with Crippen LogP contribution in [0.1, 0.15) is 13.3 Å². The van der Waals surface area contributed by atoms with Crippen LogP contribution < -0.4 is 5.32 Å². The summed E-state index contributed by atoms with van der Waals surface area (Å²) in [6, 6.07) is 11.0. The van der Waals surface area contributed by atoms with Crippen LogP contribution in [0.4, 0.5) is 20.2 Å². The van der Waals surface area contributed by atoms with Crippen LogP contribution >= 0.6 is 11.8 Å². The Morgan fingerprint density at radius 2 is 1.70 bits per heavy atom. The number of aliphatic imine (C=N–C) groups is 1. The number of hydrogen-bond donors (Lipinski definition) is 1. The Labute approximate surface area is 159 Å². The summed E-state index contributed by atoms with van der Waals surface area (Å²) in [5.74, 6) is -1.30. The molecule has 1 unspecified atom stereocenters. The van der Waals surface area contributed by atoms with Gasteiger partial charge in [-0.3, -0.25) is 14.5 Å². The Kier molecular flexibility index (Phi) is 5.85. The molecule has 0 saturated carbocycles. The highest BCUT2D eigenvalue weighted by Gasteiger charge is 2.38. The number of nitrogens with one attached hydrogen (secondary N) is 1. The zero-order valence-electron chi connectivity index (χ0n) is 14.5. The lowest BCUT2D eigenvalue weighted by Gasteiger charge is -2.13. The Bertz CT molecular complexity index is 870. The molecule has 1 N–H and O–H groups in total. The van der Waals surface area contributed by atoms with Crippen LogP contribution in [0.15, 0.2) is 53.5 Å². The fraction of sp³-hybridized carbons (Fsp3) is 0.211. The summed E-state index contributed by atoms with van der Waals surface area (Å²) >= 11 is 1.20. The van der Waals surface area contributed by atoms with Crippen molar-refractivity contribution >= 4 is 40.1 Å². The summed E-state index contributed by atoms with van der Waals surface area (Å²) in [6.07, 6.45) is -0.0280. The molecule has 27 heavy (non-hydrogen) atoms. The van der Waals surface area contributed by atoms with Gasteiger partial charge < -0.3 is 5.32 Å². The van der Waals surface area contributed by atoms with E-state index in [2.05, 4.69) is 10.3 Å². The number of nitrogens with zero attached hydrogens (tertiary/aromatic N) is 2. The first kappa shape index (κ1) is 19.0. The third-order valence-corrected chi connectivity index (χ3v) is 5.06. The molecule has 140 valence electrons. The van der Waals surface area contributed by atoms with E-state index in [1.165, 1.54) is 65.2 Å². The van der Waals surface area contributed by atoms with Crippen molar-refractivity contribution in [1.29, 1.82) is 0 Å². The number of anilines is 1. The monoisotopic (exact) mass is 389 g/mol. The van der Waals surface area contributed by atoms with Crippen molar-refractivity contribution in [2.45, 2.75) is 18.6 Å². The van der Waals surface area contributed by atoms with E-state index < -0.39 is 11.1 Å². The van der Waals surface area contributed by atoms with E-state index in [9.17, 15) is 18.4 Å². The fourth-order valence-electron chi connectivity index (χ4n) is 2.56. The minimum atomic E-state index is -0.593. The molecule has 1 aliphatic rings. The van der Waals surface area contributed by atoms with Gasteiger partial charge in [-0.1, -0.05) is 11.8 Å². The largest absolute Gasteiger partial charge is 0.326 e. The highest BCUT2D eigenvalue weighted by molar-refractivity contribution is 8.15. The van der Waals surface area contributed by atoms with Crippen molar-refractivity contribution in [1.82, 2.24) is 4.90 Å². The van der Waals surface area contributed by atoms with Crippen molar-refractivity contribution < 1.29 is 18.4 Å². The van der Waals surface area contributed by atoms with E-state index in [1.54, 1.807) is 0 Å². The third-order valence-electron chi connectivity index (χ3n) is 3.89. The topological polar surface area (TPSA) is 61.8 Å². The van der Waals surface area contributed by atoms with Gasteiger partial charge in [0.15, 0.2) is 5.17 Å². The molecule has 0 aromatic heterocycles. The van der Waals surface area contributed by atoms with Crippen molar-refractivity contribution in [3.63, 3.8) is 0 Å². The molecule has 2 amide bonds. The summed E-state index contributed by atoms with van der Waals surface area (Å²) < 4.78 is 26.0. The van der Waals surface area contributed by atoms with Gasteiger partial charge in [0.05, 0.1) is 5.69 Å². The average Bonchev–Trinajstić information content (AvgIpc) is 2.93. The van der Waals surface area contributed by atoms with E-state index in [-0.39, 0.29) is 24.1 Å². The molecule has 1 heterocycles. The molecule has 3 rings (SSSR count). The van der Waals surface area contributed by atoms with Gasteiger partial charge in [0.1, 0.15) is 16.9 Å². The number of rotatable bonds is 5. The standard InChI is InChI=1S/C19H17F2N3O2S/c1-2-24-18(26)16(11-17(25)22-14-7-3-12(20)4-8-14)27-19(24)23-15-9-5-13(21)6-10-15/h3-10,16H,2,11H2,1H3,(H,22,25). The number of thioether (sulfide) groups is 1. The van der Waals surface area contributed by atoms with Crippen molar-refractivity contribution in [3.8, 4) is 0 Å². The summed E-state index contributed by atoms with van der Waals surface area (Å²) in [7, 11) is 0. The van der Waals surface area contributed by atoms with Gasteiger partial charge in [-0.05, 0) is 55.5 Å². The van der Waals surface area contributed by atoms with Gasteiger partial charge in [-0.15, -0.1) is 0 Å². The normalized spacial score (nSPS) is 18.2. The molecule has 2 aromatic rings. The number of hydrogen-bond acceptors (Lipinski definition) is 4. The summed E-state index contributed by atoms with van der Waals surface area (Å²) in [4.78, 5) is 30.7. The van der Waals surface area contributed by atoms with Gasteiger partial charge in [-0.25, -0.2) is 13.8 Å². The Morgan fingerprint density at radius 1 is 1.11 bits per heavy atom. The molecule has 1 fully saturated rings. The summed E-state index contributed by atoms with van der Waals surface area (Å²) in [5.41, 5.74) is 0.992. The lowest BCUT2D eigenvalue weighted by Crippen LogP contribution is -2.33. The molecule has 2 aromatic carbocycles. The summed E-state index contributed by atoms with van der Waals surface area (Å²) in [6.45, 7) is 2.24. The van der Waals surface area contributed by atoms with E-state index in [4.69, 9.17) is 0 Å². The molecule has 0 spiro atoms. The van der Waals surface area contributed by atoms with Crippen LogP contribution in [-0.4, -0.2) is 33.7 Å². The van der Waals surface area contributed by atoms with Crippen LogP contribution in [-0.2, 0) is 9.59 Å². The van der Waals surface area contributed by atoms with E-state index in [1.807, 2.05) is 6.92 Å². The molecular weight excluding hydrogens is 372 g/mol. The van der Waals surface area contributed by atoms with Gasteiger partial charge in [0.2, 0.25) is 11.8 Å². The maximum Gasteiger partial charge on any atom is 0.242 e. The summed E-state index contributed by atoms with van der Waals surface area (Å²) in [5, 5.41) is 2.54. The zero-order valence-corrected chi connectivity index (χ0v) is 15.3. The van der Waals surface area contributed by atoms with Gasteiger partial charge >= 0.3 is 0 Å². The second kappa shape index (κ2) is 8.30. The van der Waals surface area contributed by atoms with Crippen LogP contribution in [0.25, 0.3) is 0 Å². The van der Waals surface area contributed by atoms with E-state index in [0.29, 0.717) is 23.1 Å². The SMILES string of the molecule is CCN1C(=O)C(CC(=O)Nc2ccc(F)cc2)SC1=Nc1ccc(F)cc1. The number of amidine groups is 1. The Morgan fingerprint density at radius 3 is 2.30 bits per heavy atom. The van der Waals surface area contributed by atoms with Gasteiger partial charge in [0.25, 0.3) is 0 Å². The van der Waals surface area contributed by atoms with E-state index >= 15 is 0 Å². The van der Waals surface area contributed by atoms with Gasteiger partial charge in [-0.2, -0.15) is 0 Å². The number of benzene rings is 2. The number of carbonyl (C=O) groups excluding carboxylic acids is 2. The highest BCUT2D eigenvalue weighted by atomic mass is 32.2. The molecule has 1 saturated heterocycles. The van der Waals surface area contributed by atoms with Crippen molar-refractivity contribution in [2.75, 3.05) is 11.9 Å². The highest BCUT2D eigenvalue weighted by Crippen LogP contribution is 2.31. The van der Waals surface area contributed by atoms with Crippen LogP contribution in [0, 0.1) is 11.6 Å². The van der Waals surface area contributed by atoms with Gasteiger partial charge in [0, 0.05) is 18.7 Å². The van der Waals surface area contributed by atoms with Crippen molar-refractivity contribution in [2.24, 2.45) is 4.99 Å². The van der Waals surface area contributed by atoms with E-state index in [0.717, 1.165) is 0 Å². The molecular formula is C19H17F2N3O2S. The molecule has 0 bridgehead atoms. The first-order chi connectivity index (χ1) is 13.0. The molecule has 1 atom stereocenters. The second-order valence-electron chi connectivity index (χ2n) is 5.82. The quantitative estimate of drug-likeness (QED) is 0.842. The average molecular weight is 389 g/mol. The van der Waals surface area contributed by atoms with Crippen LogP contribution in [0.2, 0.25) is 0 Å². The fourth-order valence-corrected chi connectivity index (χ4v) is 3.78. The molecule has 8 heteroatoms. The lowest BCUT2D eigenvalue weighted by atomic mass is 10.2. The smallest absolute Gasteiger partial charge is 0.242 e. The van der Waals surface area contributed by atoms with Crippen molar-refractivity contribution in [3.05, 3.63) is 60.2 Å². The minimum absolute atomic E-state index is 0.0280. The number of carbonyl (C=O) groups is 2. The number of amides is 2. The minimum Gasteiger partial charge on any atom is -0.326 e. The van der Waals surface area contributed by atoms with Crippen LogP contribution in [0.3, 0.4) is 0 Å². The number of halogens is 2. The third kappa shape index (κ3) is 4.71. The van der Waals surface area contributed by atoms with Crippen LogP contribution in [0.5, 0.6) is 0 Å². The first-order valence-corrected chi connectivity index (χ1v) is 9.22. The molecule has 1 aliphatic heterocycles. The maximum atomic E-state index is 13.0. The first-order valence-electron chi connectivity index (χ1n) is 8.34. The Balaban J connectivity index is 1.69. The predicted molar refractivity (Wildman–Crippen MR) is 102 cm³/mol. The Hall–Kier alpha value is -2.74. The molecule has 5 nitrogen and oxygen atoms in total. The zero-order chi connectivity index (χ0) is 19.4. The molecule has 0 radical (unpaired) electrons. The lowest BCUT2D eigenvalue weighted by molar-refractivity contribution is -0.128. The second-order valence-corrected chi connectivity index (χ2v) is 6.99. The molecule has 0 aliphatic carbocycles.